The number of nitriles is 1. The van der Waals surface area contributed by atoms with Crippen LogP contribution in [0.25, 0.3) is 0 Å². The molecule has 0 heterocycles. The number of hydrogen-bond donors (Lipinski definition) is 2. The maximum atomic E-state index is 9.97. The highest BCUT2D eigenvalue weighted by Crippen LogP contribution is 2.27. The van der Waals surface area contributed by atoms with Gasteiger partial charge in [0.2, 0.25) is 0 Å². The number of nitrogens with zero attached hydrogens (tertiary/aromatic N) is 1. The zero-order chi connectivity index (χ0) is 12.3. The lowest BCUT2D eigenvalue weighted by molar-refractivity contribution is 0.104. The van der Waals surface area contributed by atoms with E-state index in [9.17, 15) is 5.11 Å². The Morgan fingerprint density at radius 1 is 1.50 bits per heavy atom. The van der Waals surface area contributed by atoms with Crippen molar-refractivity contribution in [1.82, 2.24) is 0 Å². The van der Waals surface area contributed by atoms with Gasteiger partial charge in [-0.1, -0.05) is 6.07 Å². The van der Waals surface area contributed by atoms with E-state index in [1.807, 2.05) is 6.07 Å². The first kappa shape index (κ1) is 12.5. The predicted molar refractivity (Wildman–Crippen MR) is 60.9 cm³/mol. The lowest BCUT2D eigenvalue weighted by atomic mass is 9.91. The molecule has 1 atom stereocenters. The number of benzene rings is 1. The third-order valence-electron chi connectivity index (χ3n) is 2.36. The van der Waals surface area contributed by atoms with Crippen LogP contribution in [0.2, 0.25) is 0 Å². The van der Waals surface area contributed by atoms with Gasteiger partial charge in [0.05, 0.1) is 18.8 Å². The number of rotatable bonds is 3. The highest BCUT2D eigenvalue weighted by molar-refractivity contribution is 5.46. The lowest BCUT2D eigenvalue weighted by Gasteiger charge is -2.26. The molecule has 3 N–H and O–H groups in total. The first-order valence-electron chi connectivity index (χ1n) is 4.95. The van der Waals surface area contributed by atoms with E-state index in [0.717, 1.165) is 0 Å². The van der Waals surface area contributed by atoms with Gasteiger partial charge in [-0.05, 0) is 31.5 Å². The molecule has 0 saturated heterocycles. The van der Waals surface area contributed by atoms with Crippen molar-refractivity contribution in [1.29, 1.82) is 5.26 Å². The van der Waals surface area contributed by atoms with Crippen molar-refractivity contribution >= 4 is 0 Å². The molecule has 16 heavy (non-hydrogen) atoms. The maximum absolute atomic E-state index is 9.97. The normalized spacial score (nSPS) is 13.0. The van der Waals surface area contributed by atoms with Gasteiger partial charge < -0.3 is 15.6 Å². The number of hydrogen-bond acceptors (Lipinski definition) is 4. The van der Waals surface area contributed by atoms with Crippen molar-refractivity contribution in [3.8, 4) is 11.8 Å². The molecule has 0 saturated carbocycles. The molecule has 1 unspecified atom stereocenters. The summed E-state index contributed by atoms with van der Waals surface area (Å²) in [5.41, 5.74) is 6.07. The standard InChI is InChI=1S/C12H16N2O2/c1-12(2,14)11(15)8-4-5-10(16-3)9(6-8)7-13/h4-6,11,15H,14H2,1-3H3. The highest BCUT2D eigenvalue weighted by Gasteiger charge is 2.25. The molecule has 0 bridgehead atoms. The second-order valence-electron chi connectivity index (χ2n) is 4.30. The van der Waals surface area contributed by atoms with E-state index in [2.05, 4.69) is 0 Å². The van der Waals surface area contributed by atoms with Gasteiger partial charge in [-0.25, -0.2) is 0 Å². The van der Waals surface area contributed by atoms with Crippen LogP contribution in [-0.4, -0.2) is 17.8 Å². The quantitative estimate of drug-likeness (QED) is 0.805. The van der Waals surface area contributed by atoms with Crippen molar-refractivity contribution in [3.05, 3.63) is 29.3 Å². The minimum Gasteiger partial charge on any atom is -0.495 e. The maximum Gasteiger partial charge on any atom is 0.136 e. The Kier molecular flexibility index (Phi) is 3.53. The van der Waals surface area contributed by atoms with Crippen LogP contribution in [-0.2, 0) is 0 Å². The largest absolute Gasteiger partial charge is 0.495 e. The molecule has 0 aliphatic rings. The molecular formula is C12H16N2O2. The fraction of sp³-hybridized carbons (Fsp3) is 0.417. The van der Waals surface area contributed by atoms with Crippen molar-refractivity contribution in [3.63, 3.8) is 0 Å². The van der Waals surface area contributed by atoms with Gasteiger partial charge in [0.1, 0.15) is 11.8 Å². The Morgan fingerprint density at radius 3 is 2.56 bits per heavy atom. The lowest BCUT2D eigenvalue weighted by Crippen LogP contribution is -2.39. The van der Waals surface area contributed by atoms with Crippen molar-refractivity contribution < 1.29 is 9.84 Å². The Morgan fingerprint density at radius 2 is 2.12 bits per heavy atom. The topological polar surface area (TPSA) is 79.3 Å². The summed E-state index contributed by atoms with van der Waals surface area (Å²) in [6, 6.07) is 6.97. The Bertz CT molecular complexity index is 416. The number of methoxy groups -OCH3 is 1. The summed E-state index contributed by atoms with van der Waals surface area (Å²) in [4.78, 5) is 0. The third kappa shape index (κ3) is 2.51. The van der Waals surface area contributed by atoms with E-state index in [1.165, 1.54) is 7.11 Å². The fourth-order valence-corrected chi connectivity index (χ4v) is 1.41. The minimum absolute atomic E-state index is 0.392. The molecule has 86 valence electrons. The average Bonchev–Trinajstić information content (AvgIpc) is 2.25. The first-order chi connectivity index (χ1) is 7.40. The third-order valence-corrected chi connectivity index (χ3v) is 2.36. The summed E-state index contributed by atoms with van der Waals surface area (Å²) in [5.74, 6) is 0.494. The molecule has 0 spiro atoms. The molecule has 0 aromatic heterocycles. The number of aliphatic hydroxyl groups is 1. The van der Waals surface area contributed by atoms with E-state index in [1.54, 1.807) is 32.0 Å². The van der Waals surface area contributed by atoms with Crippen LogP contribution in [0, 0.1) is 11.3 Å². The number of nitrogens with two attached hydrogens (primary N) is 1. The Hall–Kier alpha value is -1.57. The molecule has 4 heteroatoms. The van der Waals surface area contributed by atoms with Gasteiger partial charge in [0.15, 0.2) is 0 Å². The first-order valence-corrected chi connectivity index (χ1v) is 4.95. The summed E-state index contributed by atoms with van der Waals surface area (Å²) in [6.07, 6.45) is -0.814. The van der Waals surface area contributed by atoms with Crippen LogP contribution >= 0.6 is 0 Å². The SMILES string of the molecule is COc1ccc(C(O)C(C)(C)N)cc1C#N. The average molecular weight is 220 g/mol. The van der Waals surface area contributed by atoms with Crippen LogP contribution in [0.15, 0.2) is 18.2 Å². The van der Waals surface area contributed by atoms with Gasteiger partial charge in [0.25, 0.3) is 0 Å². The number of ether oxygens (including phenoxy) is 1. The summed E-state index contributed by atoms with van der Waals surface area (Å²) < 4.78 is 5.02. The molecule has 1 rings (SSSR count). The number of aliphatic hydroxyl groups excluding tert-OH is 1. The Balaban J connectivity index is 3.15. The van der Waals surface area contributed by atoms with Crippen molar-refractivity contribution in [2.45, 2.75) is 25.5 Å². The zero-order valence-electron chi connectivity index (χ0n) is 9.69. The van der Waals surface area contributed by atoms with Gasteiger partial charge >= 0.3 is 0 Å². The summed E-state index contributed by atoms with van der Waals surface area (Å²) in [7, 11) is 1.50. The molecule has 4 nitrogen and oxygen atoms in total. The molecule has 0 radical (unpaired) electrons. The van der Waals surface area contributed by atoms with E-state index in [4.69, 9.17) is 15.7 Å². The smallest absolute Gasteiger partial charge is 0.136 e. The van der Waals surface area contributed by atoms with Gasteiger partial charge in [-0.3, -0.25) is 0 Å². The van der Waals surface area contributed by atoms with E-state index in [-0.39, 0.29) is 0 Å². The van der Waals surface area contributed by atoms with Crippen molar-refractivity contribution in [2.24, 2.45) is 5.73 Å². The van der Waals surface area contributed by atoms with Crippen molar-refractivity contribution in [2.75, 3.05) is 7.11 Å². The molecule has 0 amide bonds. The molecular weight excluding hydrogens is 204 g/mol. The molecule has 1 aromatic rings. The van der Waals surface area contributed by atoms with Gasteiger partial charge in [0, 0.05) is 5.54 Å². The summed E-state index contributed by atoms with van der Waals surface area (Å²) in [5, 5.41) is 18.9. The molecule has 0 aliphatic carbocycles. The summed E-state index contributed by atoms with van der Waals surface area (Å²) >= 11 is 0. The molecule has 0 aliphatic heterocycles. The minimum atomic E-state index is -0.814. The predicted octanol–water partition coefficient (Wildman–Crippen LogP) is 1.34. The zero-order valence-corrected chi connectivity index (χ0v) is 9.69. The second-order valence-corrected chi connectivity index (χ2v) is 4.30. The van der Waals surface area contributed by atoms with Crippen LogP contribution in [0.5, 0.6) is 5.75 Å². The highest BCUT2D eigenvalue weighted by atomic mass is 16.5. The molecule has 0 fully saturated rings. The second kappa shape index (κ2) is 4.52. The Labute approximate surface area is 95.3 Å². The van der Waals surface area contributed by atoms with Crippen LogP contribution < -0.4 is 10.5 Å². The van der Waals surface area contributed by atoms with Gasteiger partial charge in [-0.2, -0.15) is 5.26 Å². The van der Waals surface area contributed by atoms with E-state index < -0.39 is 11.6 Å². The van der Waals surface area contributed by atoms with E-state index >= 15 is 0 Å². The molecule has 1 aromatic carbocycles. The fourth-order valence-electron chi connectivity index (χ4n) is 1.41. The van der Waals surface area contributed by atoms with Crippen LogP contribution in [0.1, 0.15) is 31.1 Å². The monoisotopic (exact) mass is 220 g/mol. The summed E-state index contributed by atoms with van der Waals surface area (Å²) in [6.45, 7) is 3.46. The van der Waals surface area contributed by atoms with E-state index in [0.29, 0.717) is 16.9 Å². The van der Waals surface area contributed by atoms with Crippen LogP contribution in [0.4, 0.5) is 0 Å². The van der Waals surface area contributed by atoms with Gasteiger partial charge in [-0.15, -0.1) is 0 Å². The van der Waals surface area contributed by atoms with Crippen LogP contribution in [0.3, 0.4) is 0 Å².